The molecule has 0 bridgehead atoms. The van der Waals surface area contributed by atoms with Crippen molar-refractivity contribution in [2.45, 2.75) is 13.0 Å². The number of para-hydroxylation sites is 1. The quantitative estimate of drug-likeness (QED) is 0.697. The summed E-state index contributed by atoms with van der Waals surface area (Å²) < 4.78 is 11.2. The summed E-state index contributed by atoms with van der Waals surface area (Å²) in [7, 11) is 0. The van der Waals surface area contributed by atoms with Crippen LogP contribution in [0, 0.1) is 0 Å². The van der Waals surface area contributed by atoms with Crippen LogP contribution in [0.5, 0.6) is 17.2 Å². The lowest BCUT2D eigenvalue weighted by Gasteiger charge is -2.14. The summed E-state index contributed by atoms with van der Waals surface area (Å²) in [6.45, 7) is 1.86. The molecule has 1 aromatic heterocycles. The van der Waals surface area contributed by atoms with Gasteiger partial charge in [-0.1, -0.05) is 24.3 Å². The molecule has 0 saturated carbocycles. The van der Waals surface area contributed by atoms with Gasteiger partial charge in [-0.05, 0) is 55.0 Å². The standard InChI is InChI=1S/C21H20N2O3/c1-16(17-6-5-13-22-14-17)23-21(24)15-25-18-9-11-20(12-10-18)26-19-7-3-2-4-8-19/h2-14,16H,15H2,1H3,(H,23,24). The molecule has 26 heavy (non-hydrogen) atoms. The third-order valence-electron chi connectivity index (χ3n) is 3.73. The minimum Gasteiger partial charge on any atom is -0.484 e. The highest BCUT2D eigenvalue weighted by Gasteiger charge is 2.10. The fraction of sp³-hybridized carbons (Fsp3) is 0.143. The molecule has 0 aliphatic carbocycles. The molecule has 0 radical (unpaired) electrons. The number of pyridine rings is 1. The number of hydrogen-bond donors (Lipinski definition) is 1. The van der Waals surface area contributed by atoms with E-state index in [9.17, 15) is 4.79 Å². The van der Waals surface area contributed by atoms with Gasteiger partial charge in [0.05, 0.1) is 6.04 Å². The lowest BCUT2D eigenvalue weighted by Crippen LogP contribution is -2.31. The van der Waals surface area contributed by atoms with Crippen molar-refractivity contribution >= 4 is 5.91 Å². The average Bonchev–Trinajstić information content (AvgIpc) is 2.69. The van der Waals surface area contributed by atoms with Crippen molar-refractivity contribution in [3.63, 3.8) is 0 Å². The highest BCUT2D eigenvalue weighted by atomic mass is 16.5. The van der Waals surface area contributed by atoms with E-state index < -0.39 is 0 Å². The molecule has 1 heterocycles. The van der Waals surface area contributed by atoms with Crippen LogP contribution in [0.4, 0.5) is 0 Å². The van der Waals surface area contributed by atoms with Crippen molar-refractivity contribution in [2.24, 2.45) is 0 Å². The maximum atomic E-state index is 12.0. The van der Waals surface area contributed by atoms with Gasteiger partial charge in [0, 0.05) is 12.4 Å². The third kappa shape index (κ3) is 5.08. The topological polar surface area (TPSA) is 60.5 Å². The Bertz CT molecular complexity index is 821. The van der Waals surface area contributed by atoms with Gasteiger partial charge in [0.15, 0.2) is 6.61 Å². The molecule has 0 aliphatic rings. The number of benzene rings is 2. The first-order chi connectivity index (χ1) is 12.7. The van der Waals surface area contributed by atoms with Crippen LogP contribution in [-0.2, 0) is 4.79 Å². The van der Waals surface area contributed by atoms with E-state index in [1.54, 1.807) is 36.7 Å². The van der Waals surface area contributed by atoms with E-state index >= 15 is 0 Å². The van der Waals surface area contributed by atoms with Gasteiger partial charge in [0.2, 0.25) is 0 Å². The molecule has 132 valence electrons. The summed E-state index contributed by atoms with van der Waals surface area (Å²) >= 11 is 0. The van der Waals surface area contributed by atoms with E-state index in [0.717, 1.165) is 11.3 Å². The maximum absolute atomic E-state index is 12.0. The second kappa shape index (κ2) is 8.67. The Hall–Kier alpha value is -3.34. The normalized spacial score (nSPS) is 11.4. The Morgan fingerprint density at radius 1 is 0.962 bits per heavy atom. The lowest BCUT2D eigenvalue weighted by atomic mass is 10.1. The molecular formula is C21H20N2O3. The fourth-order valence-corrected chi connectivity index (χ4v) is 2.38. The monoisotopic (exact) mass is 348 g/mol. The van der Waals surface area contributed by atoms with Gasteiger partial charge >= 0.3 is 0 Å². The first kappa shape index (κ1) is 17.5. The first-order valence-corrected chi connectivity index (χ1v) is 8.36. The van der Waals surface area contributed by atoms with Crippen molar-refractivity contribution < 1.29 is 14.3 Å². The van der Waals surface area contributed by atoms with E-state index in [4.69, 9.17) is 9.47 Å². The van der Waals surface area contributed by atoms with E-state index in [1.807, 2.05) is 49.4 Å². The Balaban J connectivity index is 1.48. The number of nitrogens with one attached hydrogen (secondary N) is 1. The second-order valence-corrected chi connectivity index (χ2v) is 5.75. The van der Waals surface area contributed by atoms with E-state index in [0.29, 0.717) is 11.5 Å². The Kier molecular flexibility index (Phi) is 5.83. The summed E-state index contributed by atoms with van der Waals surface area (Å²) in [5.41, 5.74) is 0.947. The van der Waals surface area contributed by atoms with Gasteiger partial charge in [0.1, 0.15) is 17.2 Å². The Labute approximate surface area is 152 Å². The number of ether oxygens (including phenoxy) is 2. The molecule has 1 amide bonds. The van der Waals surface area contributed by atoms with Gasteiger partial charge in [0.25, 0.3) is 5.91 Å². The summed E-state index contributed by atoms with van der Waals surface area (Å²) in [5.74, 6) is 1.89. The molecule has 1 N–H and O–H groups in total. The zero-order valence-electron chi connectivity index (χ0n) is 14.5. The van der Waals surface area contributed by atoms with Gasteiger partial charge in [-0.3, -0.25) is 9.78 Å². The van der Waals surface area contributed by atoms with Crippen LogP contribution in [0.3, 0.4) is 0 Å². The number of aromatic nitrogens is 1. The molecule has 3 rings (SSSR count). The number of hydrogen-bond acceptors (Lipinski definition) is 4. The number of carbonyl (C=O) groups excluding carboxylic acids is 1. The predicted octanol–water partition coefficient (Wildman–Crippen LogP) is 4.13. The molecule has 1 atom stereocenters. The van der Waals surface area contributed by atoms with Crippen molar-refractivity contribution in [1.29, 1.82) is 0 Å². The van der Waals surface area contributed by atoms with Crippen LogP contribution in [0.2, 0.25) is 0 Å². The number of amides is 1. The molecule has 5 nitrogen and oxygen atoms in total. The van der Waals surface area contributed by atoms with E-state index in [-0.39, 0.29) is 18.6 Å². The van der Waals surface area contributed by atoms with Crippen molar-refractivity contribution in [3.05, 3.63) is 84.7 Å². The molecule has 0 aliphatic heterocycles. The highest BCUT2D eigenvalue weighted by molar-refractivity contribution is 5.78. The van der Waals surface area contributed by atoms with Crippen LogP contribution < -0.4 is 14.8 Å². The largest absolute Gasteiger partial charge is 0.484 e. The fourth-order valence-electron chi connectivity index (χ4n) is 2.38. The van der Waals surface area contributed by atoms with Gasteiger partial charge in [-0.2, -0.15) is 0 Å². The van der Waals surface area contributed by atoms with Crippen LogP contribution in [0.25, 0.3) is 0 Å². The van der Waals surface area contributed by atoms with Crippen LogP contribution in [0.1, 0.15) is 18.5 Å². The van der Waals surface area contributed by atoms with Crippen LogP contribution in [0.15, 0.2) is 79.1 Å². The highest BCUT2D eigenvalue weighted by Crippen LogP contribution is 2.23. The minimum atomic E-state index is -0.189. The molecule has 0 fully saturated rings. The lowest BCUT2D eigenvalue weighted by molar-refractivity contribution is -0.123. The maximum Gasteiger partial charge on any atom is 0.258 e. The average molecular weight is 348 g/mol. The zero-order valence-corrected chi connectivity index (χ0v) is 14.5. The molecule has 1 unspecified atom stereocenters. The van der Waals surface area contributed by atoms with Crippen molar-refractivity contribution in [3.8, 4) is 17.2 Å². The third-order valence-corrected chi connectivity index (χ3v) is 3.73. The molecular weight excluding hydrogens is 328 g/mol. The van der Waals surface area contributed by atoms with E-state index in [2.05, 4.69) is 10.3 Å². The predicted molar refractivity (Wildman–Crippen MR) is 99.2 cm³/mol. The van der Waals surface area contributed by atoms with Crippen LogP contribution in [-0.4, -0.2) is 17.5 Å². The van der Waals surface area contributed by atoms with Gasteiger partial charge in [-0.25, -0.2) is 0 Å². The molecule has 0 saturated heterocycles. The SMILES string of the molecule is CC(NC(=O)COc1ccc(Oc2ccccc2)cc1)c1cccnc1. The summed E-state index contributed by atoms with van der Waals surface area (Å²) in [6, 6.07) is 20.3. The molecule has 5 heteroatoms. The molecule has 0 spiro atoms. The first-order valence-electron chi connectivity index (χ1n) is 8.36. The van der Waals surface area contributed by atoms with Gasteiger partial charge < -0.3 is 14.8 Å². The van der Waals surface area contributed by atoms with Gasteiger partial charge in [-0.15, -0.1) is 0 Å². The summed E-state index contributed by atoms with van der Waals surface area (Å²) in [4.78, 5) is 16.1. The summed E-state index contributed by atoms with van der Waals surface area (Å²) in [6.07, 6.45) is 3.43. The zero-order chi connectivity index (χ0) is 18.2. The molecule has 3 aromatic rings. The summed E-state index contributed by atoms with van der Waals surface area (Å²) in [5, 5.41) is 2.88. The van der Waals surface area contributed by atoms with E-state index in [1.165, 1.54) is 0 Å². The number of nitrogens with zero attached hydrogens (tertiary/aromatic N) is 1. The second-order valence-electron chi connectivity index (χ2n) is 5.75. The van der Waals surface area contributed by atoms with Crippen molar-refractivity contribution in [1.82, 2.24) is 10.3 Å². The van der Waals surface area contributed by atoms with Crippen molar-refractivity contribution in [2.75, 3.05) is 6.61 Å². The minimum absolute atomic E-state index is 0.0521. The smallest absolute Gasteiger partial charge is 0.258 e. The van der Waals surface area contributed by atoms with Crippen LogP contribution >= 0.6 is 0 Å². The number of rotatable bonds is 7. The number of carbonyl (C=O) groups is 1. The Morgan fingerprint density at radius 2 is 1.65 bits per heavy atom. The molecule has 2 aromatic carbocycles. The Morgan fingerprint density at radius 3 is 2.35 bits per heavy atom.